The molecule has 2 aromatic carbocycles. The Labute approximate surface area is 93.2 Å². The lowest BCUT2D eigenvalue weighted by Crippen LogP contribution is -2.06. The summed E-state index contributed by atoms with van der Waals surface area (Å²) in [5.41, 5.74) is 9.11. The molecule has 0 unspecified atom stereocenters. The van der Waals surface area contributed by atoms with Crippen LogP contribution in [0.15, 0.2) is 36.0 Å². The van der Waals surface area contributed by atoms with Gasteiger partial charge in [-0.25, -0.2) is 0 Å². The van der Waals surface area contributed by atoms with Crippen LogP contribution in [-0.4, -0.2) is 0 Å². The fourth-order valence-electron chi connectivity index (χ4n) is 2.20. The van der Waals surface area contributed by atoms with Crippen LogP contribution in [0.5, 0.6) is 0 Å². The van der Waals surface area contributed by atoms with E-state index in [4.69, 9.17) is 17.3 Å². The van der Waals surface area contributed by atoms with E-state index in [0.29, 0.717) is 0 Å². The first kappa shape index (κ1) is 8.81. The summed E-state index contributed by atoms with van der Waals surface area (Å²) in [4.78, 5) is 0. The Morgan fingerprint density at radius 3 is 2.87 bits per heavy atom. The Kier molecular flexibility index (Phi) is 1.77. The number of rotatable bonds is 0. The molecule has 1 nitrogen and oxygen atoms in total. The van der Waals surface area contributed by atoms with Crippen molar-refractivity contribution in [3.8, 4) is 0 Å². The molecule has 1 aliphatic carbocycles. The minimum Gasteiger partial charge on any atom is -0.402 e. The minimum atomic E-state index is 0.776. The average molecular weight is 216 g/mol. The number of hydrogen-bond donors (Lipinski definition) is 1. The number of hydrogen-bond acceptors (Lipinski definition) is 1. The van der Waals surface area contributed by atoms with Crippen molar-refractivity contribution < 1.29 is 0 Å². The van der Waals surface area contributed by atoms with Gasteiger partial charge in [-0.2, -0.15) is 0 Å². The highest BCUT2D eigenvalue weighted by molar-refractivity contribution is 6.33. The second-order valence-corrected chi connectivity index (χ2v) is 4.28. The van der Waals surface area contributed by atoms with Crippen molar-refractivity contribution in [1.82, 2.24) is 0 Å². The number of halogens is 1. The summed E-state index contributed by atoms with van der Waals surface area (Å²) in [7, 11) is 0. The maximum Gasteiger partial charge on any atom is 0.0485 e. The first-order chi connectivity index (χ1) is 7.25. The molecule has 0 aliphatic heterocycles. The monoisotopic (exact) mass is 215 g/mol. The topological polar surface area (TPSA) is 26.0 Å². The minimum absolute atomic E-state index is 0.776. The van der Waals surface area contributed by atoms with E-state index in [9.17, 15) is 0 Å². The number of allylic oxidation sites excluding steroid dienone is 1. The molecule has 0 atom stereocenters. The van der Waals surface area contributed by atoms with E-state index in [1.165, 1.54) is 16.3 Å². The Balaban J connectivity index is 2.52. The van der Waals surface area contributed by atoms with Gasteiger partial charge in [-0.1, -0.05) is 35.9 Å². The molecule has 0 saturated carbocycles. The van der Waals surface area contributed by atoms with E-state index < -0.39 is 0 Å². The normalized spacial score (nSPS) is 14.1. The van der Waals surface area contributed by atoms with Crippen LogP contribution in [0.25, 0.3) is 16.8 Å². The molecule has 0 saturated heterocycles. The molecule has 0 heterocycles. The molecule has 3 rings (SSSR count). The highest BCUT2D eigenvalue weighted by Crippen LogP contribution is 2.34. The van der Waals surface area contributed by atoms with Gasteiger partial charge in [0.15, 0.2) is 0 Å². The van der Waals surface area contributed by atoms with E-state index in [1.807, 2.05) is 12.1 Å². The third-order valence-electron chi connectivity index (χ3n) is 2.84. The van der Waals surface area contributed by atoms with E-state index in [0.717, 1.165) is 22.7 Å². The van der Waals surface area contributed by atoms with Crippen molar-refractivity contribution in [2.45, 2.75) is 6.42 Å². The van der Waals surface area contributed by atoms with Crippen molar-refractivity contribution in [3.05, 3.63) is 52.2 Å². The molecule has 0 amide bonds. The number of nitrogens with two attached hydrogens (primary N) is 1. The second kappa shape index (κ2) is 3.01. The lowest BCUT2D eigenvalue weighted by atomic mass is 9.92. The van der Waals surface area contributed by atoms with Gasteiger partial charge in [-0.3, -0.25) is 0 Å². The van der Waals surface area contributed by atoms with Crippen LogP contribution < -0.4 is 5.73 Å². The third kappa shape index (κ3) is 1.24. The molecular weight excluding hydrogens is 206 g/mol. The Hall–Kier alpha value is -1.47. The Morgan fingerprint density at radius 2 is 2.00 bits per heavy atom. The zero-order chi connectivity index (χ0) is 10.4. The van der Waals surface area contributed by atoms with Crippen LogP contribution in [0, 0.1) is 0 Å². The first-order valence-electron chi connectivity index (χ1n) is 4.92. The fourth-order valence-corrected chi connectivity index (χ4v) is 2.42. The zero-order valence-corrected chi connectivity index (χ0v) is 8.88. The van der Waals surface area contributed by atoms with Crippen LogP contribution in [0.2, 0.25) is 5.02 Å². The second-order valence-electron chi connectivity index (χ2n) is 3.87. The molecule has 0 bridgehead atoms. The SMILES string of the molecule is NC1=Cc2c(Cl)ccc3cccc(c23)C1. The summed E-state index contributed by atoms with van der Waals surface area (Å²) in [6.07, 6.45) is 2.81. The van der Waals surface area contributed by atoms with Gasteiger partial charge in [0.2, 0.25) is 0 Å². The molecule has 2 aromatic rings. The summed E-state index contributed by atoms with van der Waals surface area (Å²) in [5.74, 6) is 0. The van der Waals surface area contributed by atoms with Crippen LogP contribution in [-0.2, 0) is 6.42 Å². The van der Waals surface area contributed by atoms with Crippen molar-refractivity contribution in [1.29, 1.82) is 0 Å². The van der Waals surface area contributed by atoms with E-state index in [1.54, 1.807) is 0 Å². The van der Waals surface area contributed by atoms with E-state index in [-0.39, 0.29) is 0 Å². The van der Waals surface area contributed by atoms with Gasteiger partial charge in [0.05, 0.1) is 0 Å². The molecular formula is C13H10ClN. The highest BCUT2D eigenvalue weighted by Gasteiger charge is 2.13. The fraction of sp³-hybridized carbons (Fsp3) is 0.0769. The Morgan fingerprint density at radius 1 is 1.13 bits per heavy atom. The predicted octanol–water partition coefficient (Wildman–Crippen LogP) is 3.35. The average Bonchev–Trinajstić information content (AvgIpc) is 2.23. The lowest BCUT2D eigenvalue weighted by Gasteiger charge is -2.16. The maximum absolute atomic E-state index is 6.17. The van der Waals surface area contributed by atoms with Gasteiger partial charge < -0.3 is 5.73 Å². The quantitative estimate of drug-likeness (QED) is 0.717. The highest BCUT2D eigenvalue weighted by atomic mass is 35.5. The van der Waals surface area contributed by atoms with Gasteiger partial charge in [0.1, 0.15) is 0 Å². The van der Waals surface area contributed by atoms with E-state index >= 15 is 0 Å². The lowest BCUT2D eigenvalue weighted by molar-refractivity contribution is 1.13. The molecule has 0 radical (unpaired) electrons. The zero-order valence-electron chi connectivity index (χ0n) is 8.13. The van der Waals surface area contributed by atoms with Crippen LogP contribution >= 0.6 is 11.6 Å². The van der Waals surface area contributed by atoms with Crippen LogP contribution in [0.1, 0.15) is 11.1 Å². The molecule has 74 valence electrons. The first-order valence-corrected chi connectivity index (χ1v) is 5.29. The van der Waals surface area contributed by atoms with Crippen molar-refractivity contribution >= 4 is 28.4 Å². The van der Waals surface area contributed by atoms with Gasteiger partial charge in [-0.15, -0.1) is 0 Å². The number of benzene rings is 2. The maximum atomic E-state index is 6.17. The molecule has 2 heteroatoms. The smallest absolute Gasteiger partial charge is 0.0485 e. The summed E-state index contributed by atoms with van der Waals surface area (Å²) in [6.45, 7) is 0. The van der Waals surface area contributed by atoms with Gasteiger partial charge >= 0.3 is 0 Å². The van der Waals surface area contributed by atoms with Gasteiger partial charge in [0, 0.05) is 22.7 Å². The van der Waals surface area contributed by atoms with Gasteiger partial charge in [-0.05, 0) is 28.5 Å². The Bertz CT molecular complexity index is 584. The largest absolute Gasteiger partial charge is 0.402 e. The molecule has 2 N–H and O–H groups in total. The van der Waals surface area contributed by atoms with Crippen molar-refractivity contribution in [2.75, 3.05) is 0 Å². The summed E-state index contributed by atoms with van der Waals surface area (Å²) >= 11 is 6.17. The molecule has 15 heavy (non-hydrogen) atoms. The molecule has 0 spiro atoms. The van der Waals surface area contributed by atoms with Crippen molar-refractivity contribution in [2.24, 2.45) is 5.73 Å². The summed E-state index contributed by atoms with van der Waals surface area (Å²) in [5, 5.41) is 3.26. The standard InChI is InChI=1S/C13H10ClN/c14-12-5-4-8-2-1-3-9-6-10(15)7-11(12)13(8)9/h1-5,7H,6,15H2. The molecule has 1 aliphatic rings. The third-order valence-corrected chi connectivity index (χ3v) is 3.17. The molecule has 0 fully saturated rings. The summed E-state index contributed by atoms with van der Waals surface area (Å²) < 4.78 is 0. The van der Waals surface area contributed by atoms with E-state index in [2.05, 4.69) is 24.3 Å². The predicted molar refractivity (Wildman–Crippen MR) is 64.8 cm³/mol. The molecule has 0 aromatic heterocycles. The summed E-state index contributed by atoms with van der Waals surface area (Å²) in [6, 6.07) is 10.3. The van der Waals surface area contributed by atoms with Crippen molar-refractivity contribution in [3.63, 3.8) is 0 Å². The van der Waals surface area contributed by atoms with Crippen LogP contribution in [0.4, 0.5) is 0 Å². The van der Waals surface area contributed by atoms with Gasteiger partial charge in [0.25, 0.3) is 0 Å². The van der Waals surface area contributed by atoms with Crippen LogP contribution in [0.3, 0.4) is 0 Å².